The minimum atomic E-state index is -1.16. The first-order valence-corrected chi connectivity index (χ1v) is 7.85. The summed E-state index contributed by atoms with van der Waals surface area (Å²) in [6.45, 7) is 5.19. The van der Waals surface area contributed by atoms with Crippen LogP contribution in [-0.4, -0.2) is 13.0 Å². The van der Waals surface area contributed by atoms with E-state index in [0.29, 0.717) is 12.3 Å². The average molecular weight is 331 g/mol. The number of hydrogen-bond donors (Lipinski definition) is 1. The van der Waals surface area contributed by atoms with Crippen LogP contribution in [0, 0.1) is 13.8 Å². The van der Waals surface area contributed by atoms with Gasteiger partial charge in [0, 0.05) is 5.56 Å². The summed E-state index contributed by atoms with van der Waals surface area (Å²) in [4.78, 5) is 11.5. The van der Waals surface area contributed by atoms with Crippen LogP contribution in [0.5, 0.6) is 5.75 Å². The van der Waals surface area contributed by atoms with Crippen LogP contribution in [0.1, 0.15) is 29.2 Å². The molecule has 5 heteroatoms. The van der Waals surface area contributed by atoms with Crippen LogP contribution in [0.2, 0.25) is 0 Å². The smallest absolute Gasteiger partial charge is 0.413 e. The first-order chi connectivity index (χ1) is 11.5. The van der Waals surface area contributed by atoms with Gasteiger partial charge in [-0.15, -0.1) is 0 Å². The Morgan fingerprint density at radius 3 is 2.67 bits per heavy atom. The molecule has 0 aromatic heterocycles. The van der Waals surface area contributed by atoms with E-state index >= 15 is 0 Å². The van der Waals surface area contributed by atoms with Crippen LogP contribution in [0.4, 0.5) is 14.9 Å². The van der Waals surface area contributed by atoms with Crippen molar-refractivity contribution in [3.63, 3.8) is 0 Å². The lowest BCUT2D eigenvalue weighted by Crippen LogP contribution is -2.15. The zero-order valence-corrected chi connectivity index (χ0v) is 14.2. The van der Waals surface area contributed by atoms with E-state index in [2.05, 4.69) is 16.1 Å². The molecule has 24 heavy (non-hydrogen) atoms. The maximum Gasteiger partial charge on any atom is 0.413 e. The fourth-order valence-electron chi connectivity index (χ4n) is 2.56. The summed E-state index contributed by atoms with van der Waals surface area (Å²) in [5, 5.41) is 2.57. The van der Waals surface area contributed by atoms with Crippen molar-refractivity contribution < 1.29 is 18.7 Å². The molecule has 0 aliphatic heterocycles. The minimum Gasteiger partial charge on any atom is -0.489 e. The van der Waals surface area contributed by atoms with E-state index in [4.69, 9.17) is 4.74 Å². The summed E-state index contributed by atoms with van der Waals surface area (Å²) in [7, 11) is 0. The van der Waals surface area contributed by atoms with Gasteiger partial charge in [-0.1, -0.05) is 36.8 Å². The molecule has 0 radical (unpaired) electrons. The van der Waals surface area contributed by atoms with Crippen molar-refractivity contribution in [2.24, 2.45) is 0 Å². The molecule has 0 heterocycles. The summed E-state index contributed by atoms with van der Waals surface area (Å²) in [6.07, 6.45) is -0.0299. The van der Waals surface area contributed by atoms with Gasteiger partial charge < -0.3 is 9.47 Å². The van der Waals surface area contributed by atoms with Gasteiger partial charge in [-0.05, 0) is 43.5 Å². The van der Waals surface area contributed by atoms with Crippen molar-refractivity contribution in [1.82, 2.24) is 0 Å². The molecular formula is C19H22FNO3. The van der Waals surface area contributed by atoms with Crippen molar-refractivity contribution in [2.45, 2.75) is 33.8 Å². The molecule has 0 spiro atoms. The van der Waals surface area contributed by atoms with Gasteiger partial charge in [-0.2, -0.15) is 0 Å². The quantitative estimate of drug-likeness (QED) is 0.817. The standard InChI is InChI=1S/C19H22FNO3/c1-4-15-6-5-7-17(21-19(22)24-12-20)16(15)11-23-18-9-8-13(2)10-14(18)3/h5-10H,4,11-12H2,1-3H3,(H,21,22). The predicted octanol–water partition coefficient (Wildman–Crippen LogP) is 4.92. The number of benzene rings is 2. The number of hydrogen-bond acceptors (Lipinski definition) is 3. The molecule has 2 rings (SSSR count). The number of anilines is 1. The fraction of sp³-hybridized carbons (Fsp3) is 0.316. The van der Waals surface area contributed by atoms with Crippen molar-refractivity contribution >= 4 is 11.8 Å². The number of aryl methyl sites for hydroxylation is 3. The van der Waals surface area contributed by atoms with E-state index in [1.54, 1.807) is 6.07 Å². The molecule has 0 aliphatic carbocycles. The molecule has 4 nitrogen and oxygen atoms in total. The van der Waals surface area contributed by atoms with E-state index in [0.717, 1.165) is 28.9 Å². The number of ether oxygens (including phenoxy) is 2. The van der Waals surface area contributed by atoms with Crippen LogP contribution in [-0.2, 0) is 17.8 Å². The Morgan fingerprint density at radius 1 is 1.21 bits per heavy atom. The third-order valence-corrected chi connectivity index (χ3v) is 3.78. The molecule has 2 aromatic rings. The topological polar surface area (TPSA) is 47.6 Å². The zero-order valence-electron chi connectivity index (χ0n) is 14.2. The Hall–Kier alpha value is -2.56. The second-order valence-corrected chi connectivity index (χ2v) is 5.52. The normalized spacial score (nSPS) is 10.3. The van der Waals surface area contributed by atoms with Gasteiger partial charge in [-0.3, -0.25) is 5.32 Å². The first kappa shape index (κ1) is 17.8. The van der Waals surface area contributed by atoms with Crippen LogP contribution >= 0.6 is 0 Å². The van der Waals surface area contributed by atoms with Gasteiger partial charge in [0.25, 0.3) is 0 Å². The number of nitrogens with one attached hydrogen (secondary N) is 1. The number of alkyl halides is 1. The second kappa shape index (κ2) is 8.34. The molecule has 1 N–H and O–H groups in total. The van der Waals surface area contributed by atoms with Gasteiger partial charge in [0.05, 0.1) is 5.69 Å². The monoisotopic (exact) mass is 331 g/mol. The molecule has 0 fully saturated rings. The van der Waals surface area contributed by atoms with E-state index < -0.39 is 13.0 Å². The Labute approximate surface area is 141 Å². The van der Waals surface area contributed by atoms with Gasteiger partial charge in [-0.25, -0.2) is 9.18 Å². The molecule has 0 bridgehead atoms. The lowest BCUT2D eigenvalue weighted by atomic mass is 10.0. The number of carbonyl (C=O) groups excluding carboxylic acids is 1. The van der Waals surface area contributed by atoms with E-state index in [9.17, 15) is 9.18 Å². The SMILES string of the molecule is CCc1cccc(NC(=O)OCF)c1COc1ccc(C)cc1C. The van der Waals surface area contributed by atoms with Crippen LogP contribution in [0.25, 0.3) is 0 Å². The van der Waals surface area contributed by atoms with Crippen LogP contribution in [0.15, 0.2) is 36.4 Å². The van der Waals surface area contributed by atoms with E-state index in [-0.39, 0.29) is 0 Å². The lowest BCUT2D eigenvalue weighted by Gasteiger charge is -2.16. The summed E-state index contributed by atoms with van der Waals surface area (Å²) in [5.74, 6) is 0.795. The van der Waals surface area contributed by atoms with Gasteiger partial charge >= 0.3 is 6.09 Å². The molecule has 0 atom stereocenters. The summed E-state index contributed by atoms with van der Waals surface area (Å²) in [6, 6.07) is 11.5. The molecule has 1 amide bonds. The molecule has 0 saturated heterocycles. The molecule has 0 saturated carbocycles. The highest BCUT2D eigenvalue weighted by Gasteiger charge is 2.12. The average Bonchev–Trinajstić information content (AvgIpc) is 2.55. The fourth-order valence-corrected chi connectivity index (χ4v) is 2.56. The number of amides is 1. The highest BCUT2D eigenvalue weighted by Crippen LogP contribution is 2.25. The summed E-state index contributed by atoms with van der Waals surface area (Å²) in [5.41, 5.74) is 4.70. The Morgan fingerprint density at radius 2 is 2.00 bits per heavy atom. The van der Waals surface area contributed by atoms with Crippen molar-refractivity contribution in [3.8, 4) is 5.75 Å². The molecule has 0 aliphatic rings. The molecular weight excluding hydrogens is 309 g/mol. The molecule has 0 unspecified atom stereocenters. The van der Waals surface area contributed by atoms with Crippen molar-refractivity contribution in [1.29, 1.82) is 0 Å². The number of carbonyl (C=O) groups is 1. The minimum absolute atomic E-state index is 0.305. The van der Waals surface area contributed by atoms with Gasteiger partial charge in [0.2, 0.25) is 6.86 Å². The van der Waals surface area contributed by atoms with Crippen LogP contribution in [0.3, 0.4) is 0 Å². The van der Waals surface area contributed by atoms with Crippen LogP contribution < -0.4 is 10.1 Å². The molecule has 128 valence electrons. The zero-order chi connectivity index (χ0) is 17.5. The van der Waals surface area contributed by atoms with Crippen molar-refractivity contribution in [2.75, 3.05) is 12.2 Å². The summed E-state index contributed by atoms with van der Waals surface area (Å²) < 4.78 is 22.4. The van der Waals surface area contributed by atoms with Gasteiger partial charge in [0.15, 0.2) is 0 Å². The second-order valence-electron chi connectivity index (χ2n) is 5.52. The molecule has 2 aromatic carbocycles. The van der Waals surface area contributed by atoms with E-state index in [1.807, 2.05) is 45.0 Å². The van der Waals surface area contributed by atoms with E-state index in [1.165, 1.54) is 5.56 Å². The predicted molar refractivity (Wildman–Crippen MR) is 92.1 cm³/mol. The third-order valence-electron chi connectivity index (χ3n) is 3.78. The Balaban J connectivity index is 2.22. The van der Waals surface area contributed by atoms with Gasteiger partial charge in [0.1, 0.15) is 12.4 Å². The summed E-state index contributed by atoms with van der Waals surface area (Å²) >= 11 is 0. The Kier molecular flexibility index (Phi) is 6.18. The van der Waals surface area contributed by atoms with Crippen molar-refractivity contribution in [3.05, 3.63) is 58.7 Å². The first-order valence-electron chi connectivity index (χ1n) is 7.85. The highest BCUT2D eigenvalue weighted by molar-refractivity contribution is 5.85. The highest BCUT2D eigenvalue weighted by atomic mass is 19.1. The third kappa shape index (κ3) is 4.47. The Bertz CT molecular complexity index is 716. The maximum atomic E-state index is 12.1. The number of halogens is 1. The maximum absolute atomic E-state index is 12.1. The largest absolute Gasteiger partial charge is 0.489 e. The number of rotatable bonds is 6. The lowest BCUT2D eigenvalue weighted by molar-refractivity contribution is 0.111.